The number of hydrogen-bond acceptors (Lipinski definition) is 5. The number of carbonyl (C=O) groups excluding carboxylic acids is 1. The number of hydrogen-bond donors (Lipinski definition) is 1. The molecule has 190 valence electrons. The number of benzene rings is 3. The van der Waals surface area contributed by atoms with E-state index in [9.17, 15) is 23.2 Å². The van der Waals surface area contributed by atoms with Crippen LogP contribution in [0.1, 0.15) is 16.7 Å². The van der Waals surface area contributed by atoms with E-state index in [1.807, 2.05) is 17.0 Å². The van der Waals surface area contributed by atoms with Crippen molar-refractivity contribution >= 4 is 23.0 Å². The molecule has 0 aliphatic carbocycles. The predicted molar refractivity (Wildman–Crippen MR) is 135 cm³/mol. The molecular formula is C28H25F3N4O2. The number of fused-ring (bicyclic) bond motifs is 3. The Labute approximate surface area is 212 Å². The Kier molecular flexibility index (Phi) is 6.42. The van der Waals surface area contributed by atoms with Crippen LogP contribution in [0.2, 0.25) is 0 Å². The molecule has 0 spiro atoms. The summed E-state index contributed by atoms with van der Waals surface area (Å²) >= 11 is 0. The number of rotatable bonds is 4. The van der Waals surface area contributed by atoms with Gasteiger partial charge < -0.3 is 19.9 Å². The number of para-hydroxylation sites is 1. The Morgan fingerprint density at radius 3 is 2.62 bits per heavy atom. The average molecular weight is 507 g/mol. The Hall–Kier alpha value is -4.19. The van der Waals surface area contributed by atoms with Crippen LogP contribution in [0.15, 0.2) is 66.7 Å². The summed E-state index contributed by atoms with van der Waals surface area (Å²) in [6.45, 7) is 1.53. The molecule has 0 saturated carbocycles. The zero-order valence-electron chi connectivity index (χ0n) is 20.1. The van der Waals surface area contributed by atoms with E-state index >= 15 is 0 Å². The first-order chi connectivity index (χ1) is 17.8. The zero-order valence-corrected chi connectivity index (χ0v) is 20.1. The van der Waals surface area contributed by atoms with Crippen molar-refractivity contribution in [1.29, 1.82) is 5.26 Å². The van der Waals surface area contributed by atoms with Crippen molar-refractivity contribution in [3.8, 4) is 11.8 Å². The number of amides is 1. The predicted octanol–water partition coefficient (Wildman–Crippen LogP) is 5.09. The molecule has 3 aromatic carbocycles. The third-order valence-electron chi connectivity index (χ3n) is 7.08. The third kappa shape index (κ3) is 4.79. The van der Waals surface area contributed by atoms with Crippen LogP contribution in [0, 0.1) is 17.2 Å². The lowest BCUT2D eigenvalue weighted by Gasteiger charge is -2.49. The van der Waals surface area contributed by atoms with Crippen molar-refractivity contribution in [2.45, 2.75) is 18.6 Å². The number of methoxy groups -OCH3 is 1. The van der Waals surface area contributed by atoms with Crippen LogP contribution in [-0.2, 0) is 17.4 Å². The van der Waals surface area contributed by atoms with Gasteiger partial charge in [-0.15, -0.1) is 0 Å². The second-order valence-corrected chi connectivity index (χ2v) is 9.21. The van der Waals surface area contributed by atoms with E-state index in [4.69, 9.17) is 4.74 Å². The van der Waals surface area contributed by atoms with E-state index < -0.39 is 17.7 Å². The maximum absolute atomic E-state index is 13.6. The SMILES string of the molecule is COc1cccc(NC(=O)C2Cc3cc(C(F)(F)F)ccc3N3CCN(c4ccccc4C#N)CC23)c1. The maximum Gasteiger partial charge on any atom is 0.416 e. The number of nitrogens with zero attached hydrogens (tertiary/aromatic N) is 3. The first-order valence-electron chi connectivity index (χ1n) is 11.9. The van der Waals surface area contributed by atoms with Crippen LogP contribution in [0.4, 0.5) is 30.2 Å². The van der Waals surface area contributed by atoms with Crippen molar-refractivity contribution in [2.24, 2.45) is 5.92 Å². The summed E-state index contributed by atoms with van der Waals surface area (Å²) in [4.78, 5) is 17.7. The minimum atomic E-state index is -4.47. The molecule has 3 aromatic rings. The molecule has 0 aromatic heterocycles. The monoisotopic (exact) mass is 506 g/mol. The fourth-order valence-electron chi connectivity index (χ4n) is 5.30. The van der Waals surface area contributed by atoms with E-state index in [2.05, 4.69) is 16.3 Å². The van der Waals surface area contributed by atoms with Gasteiger partial charge >= 0.3 is 6.18 Å². The normalized spacial score (nSPS) is 18.9. The molecule has 6 nitrogen and oxygen atoms in total. The summed E-state index contributed by atoms with van der Waals surface area (Å²) in [6.07, 6.45) is -4.30. The smallest absolute Gasteiger partial charge is 0.416 e. The lowest BCUT2D eigenvalue weighted by Crippen LogP contribution is -2.60. The first-order valence-corrected chi connectivity index (χ1v) is 11.9. The fraction of sp³-hybridized carbons (Fsp3) is 0.286. The Morgan fingerprint density at radius 2 is 1.86 bits per heavy atom. The van der Waals surface area contributed by atoms with Gasteiger partial charge in [0.05, 0.1) is 35.9 Å². The van der Waals surface area contributed by atoms with E-state index in [1.165, 1.54) is 13.2 Å². The van der Waals surface area contributed by atoms with Crippen LogP contribution in [0.3, 0.4) is 0 Å². The Bertz CT molecular complexity index is 1370. The molecule has 9 heteroatoms. The largest absolute Gasteiger partial charge is 0.497 e. The van der Waals surface area contributed by atoms with Crippen LogP contribution >= 0.6 is 0 Å². The number of nitriles is 1. The lowest BCUT2D eigenvalue weighted by atomic mass is 9.82. The summed E-state index contributed by atoms with van der Waals surface area (Å²) < 4.78 is 45.7. The number of anilines is 3. The van der Waals surface area contributed by atoms with Crippen LogP contribution < -0.4 is 19.9 Å². The second kappa shape index (κ2) is 9.69. The molecule has 2 aliphatic rings. The number of carbonyl (C=O) groups is 1. The molecule has 0 bridgehead atoms. The van der Waals surface area contributed by atoms with Gasteiger partial charge in [0.1, 0.15) is 11.8 Å². The van der Waals surface area contributed by atoms with Crippen molar-refractivity contribution in [3.63, 3.8) is 0 Å². The number of ether oxygens (including phenoxy) is 1. The van der Waals surface area contributed by atoms with Gasteiger partial charge in [0.15, 0.2) is 0 Å². The molecule has 0 radical (unpaired) electrons. The summed E-state index contributed by atoms with van der Waals surface area (Å²) in [7, 11) is 1.53. The molecule has 2 heterocycles. The van der Waals surface area contributed by atoms with Crippen molar-refractivity contribution in [2.75, 3.05) is 41.9 Å². The zero-order chi connectivity index (χ0) is 26.2. The van der Waals surface area contributed by atoms with Gasteiger partial charge in [-0.05, 0) is 54.4 Å². The quantitative estimate of drug-likeness (QED) is 0.534. The number of piperazine rings is 1. The van der Waals surface area contributed by atoms with Gasteiger partial charge in [0.2, 0.25) is 5.91 Å². The van der Waals surface area contributed by atoms with E-state index in [0.29, 0.717) is 42.2 Å². The molecule has 2 atom stereocenters. The lowest BCUT2D eigenvalue weighted by molar-refractivity contribution is -0.137. The molecule has 1 amide bonds. The molecule has 5 rings (SSSR count). The van der Waals surface area contributed by atoms with Gasteiger partial charge in [-0.25, -0.2) is 0 Å². The highest BCUT2D eigenvalue weighted by molar-refractivity contribution is 5.94. The third-order valence-corrected chi connectivity index (χ3v) is 7.08. The Morgan fingerprint density at radius 1 is 1.05 bits per heavy atom. The van der Waals surface area contributed by atoms with Crippen LogP contribution in [-0.4, -0.2) is 38.7 Å². The average Bonchev–Trinajstić information content (AvgIpc) is 2.91. The Balaban J connectivity index is 1.50. The molecule has 1 saturated heterocycles. The van der Waals surface area contributed by atoms with Gasteiger partial charge in [0.25, 0.3) is 0 Å². The summed E-state index contributed by atoms with van der Waals surface area (Å²) in [6, 6.07) is 20.0. The van der Waals surface area contributed by atoms with Crippen LogP contribution in [0.5, 0.6) is 5.75 Å². The number of alkyl halides is 3. The second-order valence-electron chi connectivity index (χ2n) is 9.21. The molecule has 37 heavy (non-hydrogen) atoms. The van der Waals surface area contributed by atoms with Crippen molar-refractivity contribution in [1.82, 2.24) is 0 Å². The maximum atomic E-state index is 13.6. The standard InChI is InChI=1S/C28H25F3N4O2/c1-37-22-7-4-6-21(15-22)33-27(36)23-14-19-13-20(28(29,30)31)9-10-25(19)35-12-11-34(17-26(23)35)24-8-3-2-5-18(24)16-32/h2-10,13,15,23,26H,11-12,14,17H2,1H3,(H,33,36). The van der Waals surface area contributed by atoms with Gasteiger partial charge in [-0.2, -0.15) is 18.4 Å². The van der Waals surface area contributed by atoms with E-state index in [-0.39, 0.29) is 18.4 Å². The first kappa shape index (κ1) is 24.5. The number of halogens is 3. The fourth-order valence-corrected chi connectivity index (χ4v) is 5.30. The highest BCUT2D eigenvalue weighted by atomic mass is 19.4. The van der Waals surface area contributed by atoms with Gasteiger partial charge in [-0.3, -0.25) is 4.79 Å². The van der Waals surface area contributed by atoms with Crippen molar-refractivity contribution < 1.29 is 22.7 Å². The topological polar surface area (TPSA) is 68.6 Å². The summed E-state index contributed by atoms with van der Waals surface area (Å²) in [5.41, 5.74) is 2.38. The summed E-state index contributed by atoms with van der Waals surface area (Å²) in [5.74, 6) is -0.304. The molecular weight excluding hydrogens is 481 g/mol. The molecule has 2 aliphatic heterocycles. The summed E-state index contributed by atoms with van der Waals surface area (Å²) in [5, 5.41) is 12.5. The van der Waals surface area contributed by atoms with E-state index in [0.717, 1.165) is 23.5 Å². The minimum Gasteiger partial charge on any atom is -0.497 e. The van der Waals surface area contributed by atoms with Gasteiger partial charge in [-0.1, -0.05) is 18.2 Å². The highest BCUT2D eigenvalue weighted by Crippen LogP contribution is 2.41. The minimum absolute atomic E-state index is 0.171. The van der Waals surface area contributed by atoms with E-state index in [1.54, 1.807) is 36.4 Å². The van der Waals surface area contributed by atoms with Gasteiger partial charge in [0, 0.05) is 37.1 Å². The molecule has 1 fully saturated rings. The van der Waals surface area contributed by atoms with Crippen molar-refractivity contribution in [3.05, 3.63) is 83.4 Å². The molecule has 2 unspecified atom stereocenters. The highest BCUT2D eigenvalue weighted by Gasteiger charge is 2.43. The van der Waals surface area contributed by atoms with Crippen LogP contribution in [0.25, 0.3) is 0 Å². The number of nitrogens with one attached hydrogen (secondary N) is 1. The molecule has 1 N–H and O–H groups in total.